The number of aromatic nitrogens is 2. The van der Waals surface area contributed by atoms with Crippen LogP contribution < -0.4 is 10.2 Å². The fraction of sp³-hybridized carbons (Fsp3) is 0.471. The van der Waals surface area contributed by atoms with Crippen molar-refractivity contribution in [1.29, 1.82) is 0 Å². The zero-order valence-electron chi connectivity index (χ0n) is 13.6. The van der Waals surface area contributed by atoms with Crippen LogP contribution in [0.5, 0.6) is 0 Å². The summed E-state index contributed by atoms with van der Waals surface area (Å²) < 4.78 is 4.86. The van der Waals surface area contributed by atoms with Crippen LogP contribution in [0.25, 0.3) is 0 Å². The molecule has 0 radical (unpaired) electrons. The summed E-state index contributed by atoms with van der Waals surface area (Å²) in [4.78, 5) is 18.4. The number of benzene rings is 1. The number of hydrogen-bond donors (Lipinski definition) is 1. The van der Waals surface area contributed by atoms with Gasteiger partial charge in [-0.1, -0.05) is 12.1 Å². The van der Waals surface area contributed by atoms with Gasteiger partial charge in [0.05, 0.1) is 6.42 Å². The molecule has 1 saturated heterocycles. The third-order valence-corrected chi connectivity index (χ3v) is 4.19. The summed E-state index contributed by atoms with van der Waals surface area (Å²) in [5.41, 5.74) is 1.99. The smallest absolute Gasteiger partial charge is 0.232 e. The van der Waals surface area contributed by atoms with Crippen LogP contribution in [0.2, 0.25) is 0 Å². The quantitative estimate of drug-likeness (QED) is 0.939. The second kappa shape index (κ2) is 6.81. The van der Waals surface area contributed by atoms with Crippen molar-refractivity contribution in [2.75, 3.05) is 23.3 Å². The van der Waals surface area contributed by atoms with Gasteiger partial charge in [-0.05, 0) is 43.0 Å². The predicted octanol–water partition coefficient (Wildman–Crippen LogP) is 2.80. The molecule has 0 spiro atoms. The van der Waals surface area contributed by atoms with Crippen molar-refractivity contribution in [2.24, 2.45) is 5.92 Å². The van der Waals surface area contributed by atoms with Crippen molar-refractivity contribution in [3.05, 3.63) is 36.0 Å². The molecule has 0 aliphatic carbocycles. The number of nitrogens with one attached hydrogen (secondary N) is 1. The molecule has 0 atom stereocenters. The Hall–Kier alpha value is -2.37. The van der Waals surface area contributed by atoms with Crippen LogP contribution in [0.1, 0.15) is 31.5 Å². The van der Waals surface area contributed by atoms with Crippen LogP contribution in [-0.2, 0) is 11.2 Å². The molecule has 1 aromatic carbocycles. The van der Waals surface area contributed by atoms with Crippen LogP contribution in [0, 0.1) is 12.8 Å². The van der Waals surface area contributed by atoms with Crippen molar-refractivity contribution in [3.63, 3.8) is 0 Å². The van der Waals surface area contributed by atoms with Gasteiger partial charge in [0.2, 0.25) is 11.8 Å². The molecule has 2 heterocycles. The molecule has 122 valence electrons. The van der Waals surface area contributed by atoms with E-state index in [9.17, 15) is 4.79 Å². The Morgan fingerprint density at radius 1 is 1.30 bits per heavy atom. The number of hydrogen-bond acceptors (Lipinski definition) is 5. The Balaban J connectivity index is 1.55. The summed E-state index contributed by atoms with van der Waals surface area (Å²) in [6.45, 7) is 6.21. The minimum absolute atomic E-state index is 0.114. The van der Waals surface area contributed by atoms with Crippen LogP contribution >= 0.6 is 0 Å². The molecule has 23 heavy (non-hydrogen) atoms. The number of anilines is 2. The van der Waals surface area contributed by atoms with Gasteiger partial charge >= 0.3 is 0 Å². The highest BCUT2D eigenvalue weighted by Gasteiger charge is 2.16. The number of carbonyl (C=O) groups excluding carboxylic acids is 1. The molecule has 6 nitrogen and oxygen atoms in total. The lowest BCUT2D eigenvalue weighted by atomic mass is 9.99. The lowest BCUT2D eigenvalue weighted by molar-refractivity contribution is -0.115. The highest BCUT2D eigenvalue weighted by Crippen LogP contribution is 2.24. The van der Waals surface area contributed by atoms with E-state index < -0.39 is 0 Å². The Labute approximate surface area is 135 Å². The lowest BCUT2D eigenvalue weighted by Crippen LogP contribution is -2.32. The van der Waals surface area contributed by atoms with Gasteiger partial charge in [0, 0.05) is 31.4 Å². The van der Waals surface area contributed by atoms with Crippen molar-refractivity contribution in [2.45, 2.75) is 33.1 Å². The van der Waals surface area contributed by atoms with Gasteiger partial charge < -0.3 is 14.7 Å². The Bertz CT molecular complexity index is 657. The minimum Gasteiger partial charge on any atom is -0.372 e. The number of aryl methyl sites for hydroxylation is 1. The molecule has 2 aromatic rings. The number of carbonyl (C=O) groups is 1. The SMILES string of the molecule is Cc1nc(CC(=O)Nc2ccc(N3CCC(C)CC3)cc2)no1. The molecule has 1 N–H and O–H groups in total. The fourth-order valence-corrected chi connectivity index (χ4v) is 2.78. The average molecular weight is 314 g/mol. The first-order valence-corrected chi connectivity index (χ1v) is 8.04. The molecule has 1 fully saturated rings. The maximum Gasteiger partial charge on any atom is 0.232 e. The highest BCUT2D eigenvalue weighted by molar-refractivity contribution is 5.91. The largest absolute Gasteiger partial charge is 0.372 e. The number of nitrogens with zero attached hydrogens (tertiary/aromatic N) is 3. The average Bonchev–Trinajstić information content (AvgIpc) is 2.94. The first-order valence-electron chi connectivity index (χ1n) is 8.04. The lowest BCUT2D eigenvalue weighted by Gasteiger charge is -2.32. The number of piperidine rings is 1. The molecule has 1 aliphatic rings. The van der Waals surface area contributed by atoms with Crippen LogP contribution in [0.4, 0.5) is 11.4 Å². The van der Waals surface area contributed by atoms with E-state index in [4.69, 9.17) is 4.52 Å². The van der Waals surface area contributed by atoms with Gasteiger partial charge in [0.15, 0.2) is 5.82 Å². The van der Waals surface area contributed by atoms with Gasteiger partial charge in [-0.3, -0.25) is 4.79 Å². The summed E-state index contributed by atoms with van der Waals surface area (Å²) in [5, 5.41) is 6.58. The van der Waals surface area contributed by atoms with Crippen molar-refractivity contribution in [1.82, 2.24) is 10.1 Å². The van der Waals surface area contributed by atoms with E-state index in [-0.39, 0.29) is 12.3 Å². The van der Waals surface area contributed by atoms with E-state index in [1.54, 1.807) is 6.92 Å². The van der Waals surface area contributed by atoms with E-state index in [2.05, 4.69) is 39.4 Å². The van der Waals surface area contributed by atoms with Crippen molar-refractivity contribution >= 4 is 17.3 Å². The maximum atomic E-state index is 12.0. The highest BCUT2D eigenvalue weighted by atomic mass is 16.5. The van der Waals surface area contributed by atoms with Gasteiger partial charge in [-0.15, -0.1) is 0 Å². The molecular formula is C17H22N4O2. The van der Waals surface area contributed by atoms with E-state index in [1.807, 2.05) is 12.1 Å². The maximum absolute atomic E-state index is 12.0. The third kappa shape index (κ3) is 4.09. The van der Waals surface area contributed by atoms with Crippen molar-refractivity contribution < 1.29 is 9.32 Å². The fourth-order valence-electron chi connectivity index (χ4n) is 2.78. The standard InChI is InChI=1S/C17H22N4O2/c1-12-7-9-21(10-8-12)15-5-3-14(4-6-15)19-17(22)11-16-18-13(2)23-20-16/h3-6,12H,7-11H2,1-2H3,(H,19,22). The van der Waals surface area contributed by atoms with Gasteiger partial charge in [-0.25, -0.2) is 0 Å². The first-order chi connectivity index (χ1) is 11.1. The predicted molar refractivity (Wildman–Crippen MR) is 88.4 cm³/mol. The van der Waals surface area contributed by atoms with E-state index in [1.165, 1.54) is 18.5 Å². The number of amides is 1. The zero-order chi connectivity index (χ0) is 16.2. The topological polar surface area (TPSA) is 71.3 Å². The summed E-state index contributed by atoms with van der Waals surface area (Å²) >= 11 is 0. The Morgan fingerprint density at radius 2 is 2.00 bits per heavy atom. The van der Waals surface area contributed by atoms with E-state index in [0.29, 0.717) is 11.7 Å². The summed E-state index contributed by atoms with van der Waals surface area (Å²) in [7, 11) is 0. The van der Waals surface area contributed by atoms with Crippen molar-refractivity contribution in [3.8, 4) is 0 Å². The summed E-state index contributed by atoms with van der Waals surface area (Å²) in [6, 6.07) is 7.99. The van der Waals surface area contributed by atoms with Crippen LogP contribution in [0.3, 0.4) is 0 Å². The second-order valence-corrected chi connectivity index (χ2v) is 6.17. The van der Waals surface area contributed by atoms with Gasteiger partial charge in [0.1, 0.15) is 0 Å². The molecule has 6 heteroatoms. The van der Waals surface area contributed by atoms with Gasteiger partial charge in [0.25, 0.3) is 0 Å². The molecule has 0 bridgehead atoms. The second-order valence-electron chi connectivity index (χ2n) is 6.17. The molecule has 1 aromatic heterocycles. The van der Waals surface area contributed by atoms with E-state index in [0.717, 1.165) is 24.7 Å². The summed E-state index contributed by atoms with van der Waals surface area (Å²) in [5.74, 6) is 1.54. The molecular weight excluding hydrogens is 292 g/mol. The summed E-state index contributed by atoms with van der Waals surface area (Å²) in [6.07, 6.45) is 2.59. The molecule has 1 aliphatic heterocycles. The monoisotopic (exact) mass is 314 g/mol. The Kier molecular flexibility index (Phi) is 4.60. The Morgan fingerprint density at radius 3 is 2.61 bits per heavy atom. The van der Waals surface area contributed by atoms with Crippen LogP contribution in [0.15, 0.2) is 28.8 Å². The zero-order valence-corrected chi connectivity index (χ0v) is 13.6. The molecule has 3 rings (SSSR count). The van der Waals surface area contributed by atoms with Crippen LogP contribution in [-0.4, -0.2) is 29.1 Å². The molecule has 1 amide bonds. The number of rotatable bonds is 4. The normalized spacial score (nSPS) is 15.7. The molecule has 0 saturated carbocycles. The van der Waals surface area contributed by atoms with Gasteiger partial charge in [-0.2, -0.15) is 4.98 Å². The molecule has 0 unspecified atom stereocenters. The van der Waals surface area contributed by atoms with E-state index >= 15 is 0 Å². The minimum atomic E-state index is -0.148. The first kappa shape index (κ1) is 15.5. The third-order valence-electron chi connectivity index (χ3n) is 4.19.